The highest BCUT2D eigenvalue weighted by atomic mass is 16.6. The number of aldehydes is 1. The van der Waals surface area contributed by atoms with E-state index in [0.717, 1.165) is 32.0 Å². The molecule has 0 aromatic heterocycles. The molecule has 0 N–H and O–H groups in total. The SMILES string of the molecule is C[C@H]1[C@H]2CCC[C@@H](C=O)[C@@H]2C[C@@H]2COC(=O)N21. The summed E-state index contributed by atoms with van der Waals surface area (Å²) < 4.78 is 5.14. The molecule has 0 radical (unpaired) electrons. The standard InChI is InChI=1S/C13H19NO3/c1-8-11-4-2-3-9(6-15)12(11)5-10-7-17-13(16)14(8)10/h6,8-12H,2-5,7H2,1H3/t8-,9-,10+,11+,12-/m0/s1. The van der Waals surface area contributed by atoms with Crippen molar-refractivity contribution in [3.63, 3.8) is 0 Å². The number of hydrogen-bond acceptors (Lipinski definition) is 3. The maximum absolute atomic E-state index is 11.7. The smallest absolute Gasteiger partial charge is 0.410 e. The number of rotatable bonds is 1. The van der Waals surface area contributed by atoms with Crippen molar-refractivity contribution < 1.29 is 14.3 Å². The Kier molecular flexibility index (Phi) is 2.60. The zero-order valence-corrected chi connectivity index (χ0v) is 10.2. The van der Waals surface area contributed by atoms with Crippen LogP contribution in [0.25, 0.3) is 0 Å². The summed E-state index contributed by atoms with van der Waals surface area (Å²) in [6.45, 7) is 2.63. The molecule has 94 valence electrons. The molecule has 3 fully saturated rings. The van der Waals surface area contributed by atoms with Gasteiger partial charge >= 0.3 is 6.09 Å². The second-order valence-corrected chi connectivity index (χ2v) is 5.67. The van der Waals surface area contributed by atoms with Gasteiger partial charge in [0.25, 0.3) is 0 Å². The maximum atomic E-state index is 11.7. The first-order chi connectivity index (χ1) is 8.22. The Balaban J connectivity index is 1.86. The summed E-state index contributed by atoms with van der Waals surface area (Å²) in [6.07, 6.45) is 5.21. The molecule has 2 aliphatic heterocycles. The van der Waals surface area contributed by atoms with E-state index in [1.54, 1.807) is 0 Å². The molecule has 1 amide bonds. The van der Waals surface area contributed by atoms with Crippen LogP contribution < -0.4 is 0 Å². The Hall–Kier alpha value is -1.06. The van der Waals surface area contributed by atoms with E-state index in [0.29, 0.717) is 18.4 Å². The van der Waals surface area contributed by atoms with Gasteiger partial charge in [-0.1, -0.05) is 6.42 Å². The Morgan fingerprint density at radius 2 is 2.18 bits per heavy atom. The molecular formula is C13H19NO3. The van der Waals surface area contributed by atoms with Crippen LogP contribution in [-0.2, 0) is 9.53 Å². The summed E-state index contributed by atoms with van der Waals surface area (Å²) in [5.74, 6) is 1.15. The van der Waals surface area contributed by atoms with Gasteiger partial charge in [0, 0.05) is 12.0 Å². The third kappa shape index (κ3) is 1.57. The van der Waals surface area contributed by atoms with Crippen LogP contribution in [0.5, 0.6) is 0 Å². The van der Waals surface area contributed by atoms with Gasteiger partial charge in [-0.25, -0.2) is 4.79 Å². The van der Waals surface area contributed by atoms with Crippen LogP contribution in [0.3, 0.4) is 0 Å². The lowest BCUT2D eigenvalue weighted by atomic mass is 9.65. The van der Waals surface area contributed by atoms with E-state index in [9.17, 15) is 9.59 Å². The summed E-state index contributed by atoms with van der Waals surface area (Å²) in [5, 5.41) is 0. The average Bonchev–Trinajstić information content (AvgIpc) is 2.71. The van der Waals surface area contributed by atoms with Gasteiger partial charge in [-0.3, -0.25) is 4.90 Å². The van der Waals surface area contributed by atoms with Crippen LogP contribution in [0.1, 0.15) is 32.6 Å². The monoisotopic (exact) mass is 237 g/mol. The number of ether oxygens (including phenoxy) is 1. The second kappa shape index (κ2) is 4.00. The van der Waals surface area contributed by atoms with E-state index < -0.39 is 0 Å². The van der Waals surface area contributed by atoms with Crippen LogP contribution in [0, 0.1) is 17.8 Å². The third-order valence-electron chi connectivity index (χ3n) is 4.96. The molecule has 17 heavy (non-hydrogen) atoms. The summed E-state index contributed by atoms with van der Waals surface area (Å²) in [4.78, 5) is 24.8. The highest BCUT2D eigenvalue weighted by Crippen LogP contribution is 2.45. The molecule has 3 rings (SSSR count). The molecule has 0 spiro atoms. The lowest BCUT2D eigenvalue weighted by Gasteiger charge is -2.48. The summed E-state index contributed by atoms with van der Waals surface area (Å²) in [7, 11) is 0. The zero-order valence-electron chi connectivity index (χ0n) is 10.2. The van der Waals surface area contributed by atoms with E-state index in [-0.39, 0.29) is 24.1 Å². The molecule has 1 saturated carbocycles. The lowest BCUT2D eigenvalue weighted by Crippen LogP contribution is -2.54. The number of piperidine rings is 1. The molecule has 0 bridgehead atoms. The van der Waals surface area contributed by atoms with Gasteiger partial charge in [0.15, 0.2) is 0 Å². The number of carbonyl (C=O) groups is 2. The fourth-order valence-electron chi connectivity index (χ4n) is 4.12. The van der Waals surface area contributed by atoms with Gasteiger partial charge in [0.05, 0.1) is 6.04 Å². The van der Waals surface area contributed by atoms with E-state index in [4.69, 9.17) is 4.74 Å². The van der Waals surface area contributed by atoms with Crippen molar-refractivity contribution in [1.29, 1.82) is 0 Å². The molecule has 0 aromatic rings. The van der Waals surface area contributed by atoms with Gasteiger partial charge in [0.2, 0.25) is 0 Å². The normalized spacial score (nSPS) is 44.9. The van der Waals surface area contributed by atoms with Gasteiger partial charge in [0.1, 0.15) is 12.9 Å². The Morgan fingerprint density at radius 3 is 2.94 bits per heavy atom. The Labute approximate surface area is 101 Å². The molecule has 2 heterocycles. The van der Waals surface area contributed by atoms with Crippen molar-refractivity contribution in [1.82, 2.24) is 4.90 Å². The average molecular weight is 237 g/mol. The first kappa shape index (κ1) is 11.1. The minimum atomic E-state index is -0.158. The highest BCUT2D eigenvalue weighted by molar-refractivity contribution is 5.71. The topological polar surface area (TPSA) is 46.6 Å². The zero-order chi connectivity index (χ0) is 12.0. The highest BCUT2D eigenvalue weighted by Gasteiger charge is 2.50. The molecule has 4 heteroatoms. The molecule has 0 unspecified atom stereocenters. The number of cyclic esters (lactones) is 1. The Morgan fingerprint density at radius 1 is 1.35 bits per heavy atom. The molecular weight excluding hydrogens is 218 g/mol. The van der Waals surface area contributed by atoms with Crippen molar-refractivity contribution in [2.75, 3.05) is 6.61 Å². The van der Waals surface area contributed by atoms with Crippen LogP contribution in [0.4, 0.5) is 4.79 Å². The van der Waals surface area contributed by atoms with E-state index >= 15 is 0 Å². The van der Waals surface area contributed by atoms with Crippen LogP contribution in [0.15, 0.2) is 0 Å². The van der Waals surface area contributed by atoms with Crippen LogP contribution in [0.2, 0.25) is 0 Å². The van der Waals surface area contributed by atoms with Crippen molar-refractivity contribution in [3.05, 3.63) is 0 Å². The quantitative estimate of drug-likeness (QED) is 0.654. The Bertz CT molecular complexity index is 344. The fourth-order valence-corrected chi connectivity index (χ4v) is 4.12. The van der Waals surface area contributed by atoms with Crippen molar-refractivity contribution >= 4 is 12.4 Å². The van der Waals surface area contributed by atoms with Crippen LogP contribution in [-0.4, -0.2) is 36.0 Å². The minimum Gasteiger partial charge on any atom is -0.447 e. The maximum Gasteiger partial charge on any atom is 0.410 e. The largest absolute Gasteiger partial charge is 0.447 e. The molecule has 0 aromatic carbocycles. The van der Waals surface area contributed by atoms with E-state index in [1.807, 2.05) is 4.90 Å². The summed E-state index contributed by atoms with van der Waals surface area (Å²) in [5.41, 5.74) is 0. The first-order valence-electron chi connectivity index (χ1n) is 6.62. The number of amides is 1. The van der Waals surface area contributed by atoms with Crippen molar-refractivity contribution in [2.24, 2.45) is 17.8 Å². The molecule has 4 nitrogen and oxygen atoms in total. The number of hydrogen-bond donors (Lipinski definition) is 0. The van der Waals surface area contributed by atoms with E-state index in [1.165, 1.54) is 0 Å². The van der Waals surface area contributed by atoms with Crippen molar-refractivity contribution in [2.45, 2.75) is 44.7 Å². The van der Waals surface area contributed by atoms with E-state index in [2.05, 4.69) is 6.92 Å². The second-order valence-electron chi connectivity index (χ2n) is 5.67. The molecule has 5 atom stereocenters. The van der Waals surface area contributed by atoms with Crippen LogP contribution >= 0.6 is 0 Å². The van der Waals surface area contributed by atoms with Gasteiger partial charge < -0.3 is 9.53 Å². The molecule has 3 aliphatic rings. The predicted molar refractivity (Wildman–Crippen MR) is 61.4 cm³/mol. The summed E-state index contributed by atoms with van der Waals surface area (Å²) >= 11 is 0. The number of nitrogens with zero attached hydrogens (tertiary/aromatic N) is 1. The third-order valence-corrected chi connectivity index (χ3v) is 4.96. The fraction of sp³-hybridized carbons (Fsp3) is 0.846. The number of fused-ring (bicyclic) bond motifs is 2. The lowest BCUT2D eigenvalue weighted by molar-refractivity contribution is -0.116. The van der Waals surface area contributed by atoms with Gasteiger partial charge in [-0.05, 0) is 38.0 Å². The minimum absolute atomic E-state index is 0.158. The molecule has 1 aliphatic carbocycles. The number of carbonyl (C=O) groups excluding carboxylic acids is 2. The summed E-state index contributed by atoms with van der Waals surface area (Å²) in [6, 6.07) is 0.441. The van der Waals surface area contributed by atoms with Crippen molar-refractivity contribution in [3.8, 4) is 0 Å². The van der Waals surface area contributed by atoms with Gasteiger partial charge in [-0.2, -0.15) is 0 Å². The molecule has 2 saturated heterocycles. The predicted octanol–water partition coefficient (Wildman–Crippen LogP) is 1.83. The first-order valence-corrected chi connectivity index (χ1v) is 6.62. The van der Waals surface area contributed by atoms with Gasteiger partial charge in [-0.15, -0.1) is 0 Å².